The first-order chi connectivity index (χ1) is 17.2. The van der Waals surface area contributed by atoms with E-state index in [1.54, 1.807) is 31.3 Å². The van der Waals surface area contributed by atoms with Gasteiger partial charge in [0.2, 0.25) is 0 Å². The molecular weight excluding hydrogens is 478 g/mol. The molecule has 2 aromatic rings. The summed E-state index contributed by atoms with van der Waals surface area (Å²) in [5, 5.41) is 0. The van der Waals surface area contributed by atoms with Gasteiger partial charge in [0.05, 0.1) is 42.5 Å². The molecule has 3 saturated heterocycles. The van der Waals surface area contributed by atoms with Crippen LogP contribution in [0.2, 0.25) is 0 Å². The summed E-state index contributed by atoms with van der Waals surface area (Å²) in [5.74, 6) is -2.73. The number of cyclic esters (lactones) is 1. The molecule has 4 heterocycles. The number of ether oxygens (including phenoxy) is 2. The maximum Gasteiger partial charge on any atom is 0.414 e. The minimum atomic E-state index is -0.879. The van der Waals surface area contributed by atoms with Crippen LogP contribution in [-0.4, -0.2) is 85.3 Å². The highest BCUT2D eigenvalue weighted by atomic mass is 19.1. The summed E-state index contributed by atoms with van der Waals surface area (Å²) in [4.78, 5) is 54.3. The Hall–Kier alpha value is -4.22. The summed E-state index contributed by atoms with van der Waals surface area (Å²) < 4.78 is 40.7. The van der Waals surface area contributed by atoms with Crippen LogP contribution in [0, 0.1) is 11.6 Å². The lowest BCUT2D eigenvalue weighted by atomic mass is 10.1. The van der Waals surface area contributed by atoms with Gasteiger partial charge in [-0.25, -0.2) is 18.4 Å². The lowest BCUT2D eigenvalue weighted by Crippen LogP contribution is -2.38. The van der Waals surface area contributed by atoms with E-state index in [2.05, 4.69) is 0 Å². The SMILES string of the molecule is CN1C(=O)OC2CN(c3c(F)cc(N4CC(CN5C(=O)c6ccccc6C5=O)OC4=O)cc3F)CC21. The largest absolute Gasteiger partial charge is 0.442 e. The van der Waals surface area contributed by atoms with E-state index in [9.17, 15) is 19.2 Å². The van der Waals surface area contributed by atoms with E-state index in [0.717, 1.165) is 21.9 Å². The zero-order chi connectivity index (χ0) is 25.3. The molecule has 12 heteroatoms. The van der Waals surface area contributed by atoms with E-state index in [0.29, 0.717) is 0 Å². The fraction of sp³-hybridized carbons (Fsp3) is 0.333. The van der Waals surface area contributed by atoms with Gasteiger partial charge in [-0.1, -0.05) is 12.1 Å². The van der Waals surface area contributed by atoms with Gasteiger partial charge in [-0.05, 0) is 12.1 Å². The number of amides is 4. The third kappa shape index (κ3) is 3.28. The van der Waals surface area contributed by atoms with Crippen molar-refractivity contribution in [3.8, 4) is 0 Å². The van der Waals surface area contributed by atoms with E-state index in [-0.39, 0.29) is 54.7 Å². The second-order valence-corrected chi connectivity index (χ2v) is 9.15. The smallest absolute Gasteiger partial charge is 0.414 e. The number of likely N-dealkylation sites (N-methyl/N-ethyl adjacent to an activating group) is 1. The molecule has 10 nitrogen and oxygen atoms in total. The molecule has 186 valence electrons. The van der Waals surface area contributed by atoms with Gasteiger partial charge in [-0.2, -0.15) is 0 Å². The van der Waals surface area contributed by atoms with E-state index in [4.69, 9.17) is 9.47 Å². The Morgan fingerprint density at radius 3 is 2.14 bits per heavy atom. The number of benzene rings is 2. The highest BCUT2D eigenvalue weighted by Crippen LogP contribution is 2.36. The average Bonchev–Trinajstić information content (AvgIpc) is 3.55. The molecule has 0 saturated carbocycles. The molecule has 2 aromatic carbocycles. The van der Waals surface area contributed by atoms with Crippen LogP contribution >= 0.6 is 0 Å². The fourth-order valence-electron chi connectivity index (χ4n) is 5.22. The first-order valence-electron chi connectivity index (χ1n) is 11.3. The Morgan fingerprint density at radius 1 is 0.889 bits per heavy atom. The minimum Gasteiger partial charge on any atom is -0.442 e. The van der Waals surface area contributed by atoms with E-state index >= 15 is 8.78 Å². The third-order valence-corrected chi connectivity index (χ3v) is 7.04. The monoisotopic (exact) mass is 498 g/mol. The van der Waals surface area contributed by atoms with Crippen LogP contribution in [0.3, 0.4) is 0 Å². The normalized spacial score (nSPS) is 25.0. The number of hydrogen-bond donors (Lipinski definition) is 0. The highest BCUT2D eigenvalue weighted by molar-refractivity contribution is 6.21. The zero-order valence-electron chi connectivity index (χ0n) is 19.0. The molecule has 0 aromatic heterocycles. The van der Waals surface area contributed by atoms with Gasteiger partial charge in [0, 0.05) is 25.7 Å². The van der Waals surface area contributed by atoms with Crippen LogP contribution in [-0.2, 0) is 9.47 Å². The number of fused-ring (bicyclic) bond motifs is 2. The molecule has 36 heavy (non-hydrogen) atoms. The first-order valence-corrected chi connectivity index (χ1v) is 11.3. The lowest BCUT2D eigenvalue weighted by molar-refractivity contribution is 0.0558. The zero-order valence-corrected chi connectivity index (χ0v) is 19.0. The van der Waals surface area contributed by atoms with Gasteiger partial charge >= 0.3 is 12.2 Å². The fourth-order valence-corrected chi connectivity index (χ4v) is 5.22. The summed E-state index contributed by atoms with van der Waals surface area (Å²) >= 11 is 0. The summed E-state index contributed by atoms with van der Waals surface area (Å²) in [6.07, 6.45) is -2.66. The van der Waals surface area contributed by atoms with Crippen molar-refractivity contribution in [3.63, 3.8) is 0 Å². The second kappa shape index (κ2) is 7.90. The van der Waals surface area contributed by atoms with Gasteiger partial charge in [0.25, 0.3) is 11.8 Å². The number of imide groups is 1. The molecule has 6 rings (SSSR count). The maximum atomic E-state index is 15.1. The topological polar surface area (TPSA) is 99.7 Å². The molecule has 3 fully saturated rings. The standard InChI is InChI=1S/C24H20F2N4O6/c1-27-18-10-28(11-19(18)36-23(27)33)20-16(25)6-12(7-17(20)26)29-8-13(35-24(29)34)9-30-21(31)14-4-2-3-5-15(14)22(30)32/h2-7,13,18-19H,8-11H2,1H3. The van der Waals surface area contributed by atoms with Crippen molar-refractivity contribution in [1.82, 2.24) is 9.80 Å². The number of halogens is 2. The number of carbonyl (C=O) groups excluding carboxylic acids is 4. The third-order valence-electron chi connectivity index (χ3n) is 7.04. The van der Waals surface area contributed by atoms with E-state index in [1.807, 2.05) is 0 Å². The number of carbonyl (C=O) groups is 4. The molecule has 4 aliphatic rings. The Balaban J connectivity index is 1.17. The Bertz CT molecular complexity index is 1280. The number of rotatable bonds is 4. The predicted molar refractivity (Wildman–Crippen MR) is 120 cm³/mol. The molecular formula is C24H20F2N4O6. The molecule has 4 aliphatic heterocycles. The van der Waals surface area contributed by atoms with Crippen LogP contribution in [0.15, 0.2) is 36.4 Å². The molecule has 0 radical (unpaired) electrons. The quantitative estimate of drug-likeness (QED) is 0.596. The van der Waals surface area contributed by atoms with Crippen molar-refractivity contribution in [2.45, 2.75) is 18.2 Å². The summed E-state index contributed by atoms with van der Waals surface area (Å²) in [7, 11) is 1.57. The van der Waals surface area contributed by atoms with E-state index in [1.165, 1.54) is 9.80 Å². The van der Waals surface area contributed by atoms with Gasteiger partial charge in [0.1, 0.15) is 17.9 Å². The van der Waals surface area contributed by atoms with E-state index < -0.39 is 47.8 Å². The van der Waals surface area contributed by atoms with Crippen LogP contribution in [0.25, 0.3) is 0 Å². The van der Waals surface area contributed by atoms with Gasteiger partial charge < -0.3 is 19.3 Å². The van der Waals surface area contributed by atoms with Crippen LogP contribution in [0.4, 0.5) is 29.7 Å². The Morgan fingerprint density at radius 2 is 1.53 bits per heavy atom. The van der Waals surface area contributed by atoms with Crippen molar-refractivity contribution in [2.75, 3.05) is 43.0 Å². The van der Waals surface area contributed by atoms with Gasteiger partial charge in [0.15, 0.2) is 11.6 Å². The molecule has 0 bridgehead atoms. The number of anilines is 2. The lowest BCUT2D eigenvalue weighted by Gasteiger charge is -2.23. The Labute approximate surface area is 203 Å². The predicted octanol–water partition coefficient (Wildman–Crippen LogP) is 2.23. The van der Waals surface area contributed by atoms with Crippen LogP contribution in [0.5, 0.6) is 0 Å². The van der Waals surface area contributed by atoms with Crippen molar-refractivity contribution in [1.29, 1.82) is 0 Å². The first kappa shape index (κ1) is 22.3. The molecule has 0 spiro atoms. The van der Waals surface area contributed by atoms with Crippen molar-refractivity contribution >= 4 is 35.4 Å². The van der Waals surface area contributed by atoms with Gasteiger partial charge in [-0.3, -0.25) is 19.4 Å². The van der Waals surface area contributed by atoms with Crippen LogP contribution in [0.1, 0.15) is 20.7 Å². The second-order valence-electron chi connectivity index (χ2n) is 9.15. The summed E-state index contributed by atoms with van der Waals surface area (Å²) in [6.45, 7) is 0.0652. The minimum absolute atomic E-state index is 0.0495. The molecule has 0 N–H and O–H groups in total. The van der Waals surface area contributed by atoms with Crippen LogP contribution < -0.4 is 9.80 Å². The molecule has 0 aliphatic carbocycles. The molecule has 3 atom stereocenters. The molecule has 4 amide bonds. The molecule has 3 unspecified atom stereocenters. The number of hydrogen-bond acceptors (Lipinski definition) is 7. The average molecular weight is 498 g/mol. The highest BCUT2D eigenvalue weighted by Gasteiger charge is 2.47. The van der Waals surface area contributed by atoms with Crippen molar-refractivity contribution in [2.24, 2.45) is 0 Å². The number of nitrogens with zero attached hydrogens (tertiary/aromatic N) is 4. The Kier molecular flexibility index (Phi) is 4.88. The summed E-state index contributed by atoms with van der Waals surface area (Å²) in [6, 6.07) is 8.15. The van der Waals surface area contributed by atoms with Crippen molar-refractivity contribution < 1.29 is 37.4 Å². The van der Waals surface area contributed by atoms with Crippen molar-refractivity contribution in [3.05, 3.63) is 59.2 Å². The maximum absolute atomic E-state index is 15.1. The van der Waals surface area contributed by atoms with Gasteiger partial charge in [-0.15, -0.1) is 0 Å². The summed E-state index contributed by atoms with van der Waals surface area (Å²) in [5.41, 5.74) is 0.227.